The molecule has 2 heteroatoms. The molecule has 0 bridgehead atoms. The topological polar surface area (TPSA) is 9.86 Å². The Balaban J connectivity index is 1.15. The van der Waals surface area contributed by atoms with E-state index in [1.54, 1.807) is 0 Å². The molecule has 0 aliphatic rings. The molecule has 0 amide bonds. The number of benzene rings is 7. The van der Waals surface area contributed by atoms with Gasteiger partial charge in [-0.1, -0.05) is 127 Å². The van der Waals surface area contributed by atoms with Gasteiger partial charge in [-0.25, -0.2) is 0 Å². The smallest absolute Gasteiger partial charge is 0.0541 e. The SMILES string of the molecule is c1cc(-c2ccc(-c3ccccc3-n3c4ccccc4c4ccccc43)cc2)cc(-n2c3ccccc3c3ccccc32)c1. The molecule has 9 rings (SSSR count). The van der Waals surface area contributed by atoms with Gasteiger partial charge in [-0.15, -0.1) is 0 Å². The van der Waals surface area contributed by atoms with Crippen molar-refractivity contribution in [3.8, 4) is 33.6 Å². The number of hydrogen-bond acceptors (Lipinski definition) is 0. The standard InChI is InChI=1S/C42H28N2/c1-6-19-38(44-41-22-9-4-17-36(41)37-18-5-10-23-42(37)44)33(14-1)30-26-24-29(25-27-30)31-12-11-13-32(28-31)43-39-20-7-2-15-34(39)35-16-3-8-21-40(35)43/h1-28H. The zero-order chi connectivity index (χ0) is 29.0. The Morgan fingerprint density at radius 3 is 1.32 bits per heavy atom. The van der Waals surface area contributed by atoms with Crippen molar-refractivity contribution in [1.82, 2.24) is 9.13 Å². The number of para-hydroxylation sites is 5. The predicted molar refractivity (Wildman–Crippen MR) is 186 cm³/mol. The van der Waals surface area contributed by atoms with Crippen LogP contribution < -0.4 is 0 Å². The van der Waals surface area contributed by atoms with Crippen LogP contribution >= 0.6 is 0 Å². The van der Waals surface area contributed by atoms with Crippen molar-refractivity contribution in [3.05, 3.63) is 170 Å². The van der Waals surface area contributed by atoms with E-state index in [1.165, 1.54) is 77.2 Å². The molecule has 0 spiro atoms. The van der Waals surface area contributed by atoms with Crippen LogP contribution in [0.2, 0.25) is 0 Å². The van der Waals surface area contributed by atoms with Crippen LogP contribution in [0.4, 0.5) is 0 Å². The van der Waals surface area contributed by atoms with Gasteiger partial charge in [0.2, 0.25) is 0 Å². The van der Waals surface area contributed by atoms with E-state index in [4.69, 9.17) is 0 Å². The van der Waals surface area contributed by atoms with Crippen LogP contribution in [-0.2, 0) is 0 Å². The molecule has 2 nitrogen and oxygen atoms in total. The predicted octanol–water partition coefficient (Wildman–Crippen LogP) is 11.2. The lowest BCUT2D eigenvalue weighted by molar-refractivity contribution is 1.18. The summed E-state index contributed by atoms with van der Waals surface area (Å²) in [7, 11) is 0. The third-order valence-corrected chi connectivity index (χ3v) is 8.94. The average molecular weight is 561 g/mol. The van der Waals surface area contributed by atoms with Crippen LogP contribution in [0.3, 0.4) is 0 Å². The van der Waals surface area contributed by atoms with E-state index < -0.39 is 0 Å². The summed E-state index contributed by atoms with van der Waals surface area (Å²) in [4.78, 5) is 0. The van der Waals surface area contributed by atoms with Gasteiger partial charge in [0, 0.05) is 32.8 Å². The second-order valence-electron chi connectivity index (χ2n) is 11.4. The summed E-state index contributed by atoms with van der Waals surface area (Å²) in [5, 5.41) is 5.10. The maximum Gasteiger partial charge on any atom is 0.0541 e. The second kappa shape index (κ2) is 9.86. The van der Waals surface area contributed by atoms with E-state index in [0.717, 1.165) is 0 Å². The minimum atomic E-state index is 1.17. The van der Waals surface area contributed by atoms with Crippen molar-refractivity contribution in [3.63, 3.8) is 0 Å². The molecule has 44 heavy (non-hydrogen) atoms. The lowest BCUT2D eigenvalue weighted by Gasteiger charge is -2.15. The van der Waals surface area contributed by atoms with Crippen LogP contribution in [0.5, 0.6) is 0 Å². The Labute approximate surface area is 255 Å². The van der Waals surface area contributed by atoms with Crippen molar-refractivity contribution in [1.29, 1.82) is 0 Å². The van der Waals surface area contributed by atoms with Gasteiger partial charge in [0.25, 0.3) is 0 Å². The normalized spacial score (nSPS) is 11.6. The fourth-order valence-electron chi connectivity index (χ4n) is 6.96. The molecule has 0 saturated carbocycles. The summed E-state index contributed by atoms with van der Waals surface area (Å²) < 4.78 is 4.79. The van der Waals surface area contributed by atoms with Crippen LogP contribution in [-0.4, -0.2) is 9.13 Å². The number of fused-ring (bicyclic) bond motifs is 6. The summed E-state index contributed by atoms with van der Waals surface area (Å²) in [6.07, 6.45) is 0. The summed E-state index contributed by atoms with van der Waals surface area (Å²) in [5.41, 5.74) is 12.1. The lowest BCUT2D eigenvalue weighted by Crippen LogP contribution is -1.97. The van der Waals surface area contributed by atoms with E-state index in [-0.39, 0.29) is 0 Å². The lowest BCUT2D eigenvalue weighted by atomic mass is 9.98. The monoisotopic (exact) mass is 560 g/mol. The van der Waals surface area contributed by atoms with Gasteiger partial charge in [0.15, 0.2) is 0 Å². The molecule has 0 atom stereocenters. The molecule has 9 aromatic rings. The highest BCUT2D eigenvalue weighted by molar-refractivity contribution is 6.10. The fourth-order valence-corrected chi connectivity index (χ4v) is 6.96. The van der Waals surface area contributed by atoms with Crippen molar-refractivity contribution < 1.29 is 0 Å². The quantitative estimate of drug-likeness (QED) is 0.203. The molecular formula is C42H28N2. The molecule has 2 heterocycles. The van der Waals surface area contributed by atoms with Crippen molar-refractivity contribution in [2.45, 2.75) is 0 Å². The van der Waals surface area contributed by atoms with Crippen LogP contribution in [0.25, 0.3) is 77.2 Å². The minimum absolute atomic E-state index is 1.17. The zero-order valence-corrected chi connectivity index (χ0v) is 24.1. The van der Waals surface area contributed by atoms with Gasteiger partial charge >= 0.3 is 0 Å². The zero-order valence-electron chi connectivity index (χ0n) is 24.1. The van der Waals surface area contributed by atoms with Crippen molar-refractivity contribution in [2.75, 3.05) is 0 Å². The van der Waals surface area contributed by atoms with E-state index in [1.807, 2.05) is 0 Å². The third kappa shape index (κ3) is 3.75. The van der Waals surface area contributed by atoms with Crippen LogP contribution in [0.15, 0.2) is 170 Å². The van der Waals surface area contributed by atoms with E-state index in [9.17, 15) is 0 Å². The van der Waals surface area contributed by atoms with E-state index in [0.29, 0.717) is 0 Å². The van der Waals surface area contributed by atoms with Crippen LogP contribution in [0.1, 0.15) is 0 Å². The molecule has 2 aromatic heterocycles. The highest BCUT2D eigenvalue weighted by Crippen LogP contribution is 2.37. The van der Waals surface area contributed by atoms with Crippen LogP contribution in [0, 0.1) is 0 Å². The Bertz CT molecular complexity index is 2390. The fraction of sp³-hybridized carbons (Fsp3) is 0. The summed E-state index contributed by atoms with van der Waals surface area (Å²) in [6, 6.07) is 61.4. The number of nitrogens with zero attached hydrogens (tertiary/aromatic N) is 2. The van der Waals surface area contributed by atoms with Gasteiger partial charge in [-0.05, 0) is 59.2 Å². The van der Waals surface area contributed by atoms with E-state index in [2.05, 4.69) is 179 Å². The molecule has 206 valence electrons. The largest absolute Gasteiger partial charge is 0.309 e. The third-order valence-electron chi connectivity index (χ3n) is 8.94. The first-order valence-electron chi connectivity index (χ1n) is 15.1. The molecule has 0 radical (unpaired) electrons. The first kappa shape index (κ1) is 24.7. The van der Waals surface area contributed by atoms with Gasteiger partial charge in [-0.2, -0.15) is 0 Å². The molecule has 0 aliphatic heterocycles. The first-order chi connectivity index (χ1) is 21.8. The summed E-state index contributed by atoms with van der Waals surface area (Å²) in [5.74, 6) is 0. The molecule has 7 aromatic carbocycles. The highest BCUT2D eigenvalue weighted by atomic mass is 15.0. The Morgan fingerprint density at radius 2 is 0.750 bits per heavy atom. The first-order valence-corrected chi connectivity index (χ1v) is 15.1. The van der Waals surface area contributed by atoms with Crippen molar-refractivity contribution in [2.24, 2.45) is 0 Å². The molecule has 0 saturated heterocycles. The number of hydrogen-bond donors (Lipinski definition) is 0. The molecule has 0 unspecified atom stereocenters. The molecule has 0 N–H and O–H groups in total. The average Bonchev–Trinajstić information content (AvgIpc) is 3.62. The molecule has 0 aliphatic carbocycles. The minimum Gasteiger partial charge on any atom is -0.309 e. The Kier molecular flexibility index (Phi) is 5.54. The Morgan fingerprint density at radius 1 is 0.295 bits per heavy atom. The van der Waals surface area contributed by atoms with Gasteiger partial charge in [-0.3, -0.25) is 0 Å². The molecule has 0 fully saturated rings. The van der Waals surface area contributed by atoms with Crippen molar-refractivity contribution >= 4 is 43.6 Å². The van der Waals surface area contributed by atoms with E-state index >= 15 is 0 Å². The Hall–Kier alpha value is -5.86. The summed E-state index contributed by atoms with van der Waals surface area (Å²) in [6.45, 7) is 0. The van der Waals surface area contributed by atoms with Gasteiger partial charge in [0.1, 0.15) is 0 Å². The second-order valence-corrected chi connectivity index (χ2v) is 11.4. The summed E-state index contributed by atoms with van der Waals surface area (Å²) >= 11 is 0. The number of rotatable bonds is 4. The van der Waals surface area contributed by atoms with Gasteiger partial charge < -0.3 is 9.13 Å². The maximum atomic E-state index is 2.41. The van der Waals surface area contributed by atoms with Gasteiger partial charge in [0.05, 0.1) is 27.8 Å². The molecular weight excluding hydrogens is 532 g/mol. The number of aromatic nitrogens is 2. The highest BCUT2D eigenvalue weighted by Gasteiger charge is 2.15. The maximum absolute atomic E-state index is 2.41.